The third kappa shape index (κ3) is 14.2. The van der Waals surface area contributed by atoms with Crippen LogP contribution in [0.3, 0.4) is 0 Å². The number of hydrogen-bond donors (Lipinski definition) is 4. The quantitative estimate of drug-likeness (QED) is 0.190. The maximum Gasteiger partial charge on any atom is 0.408 e. The second kappa shape index (κ2) is 23.2. The normalized spacial score (nSPS) is 41.6. The van der Waals surface area contributed by atoms with Gasteiger partial charge in [-0.2, -0.15) is 0 Å². The number of aliphatic hydroxyl groups is 3. The Kier molecular flexibility index (Phi) is 22.6. The number of amides is 1. The van der Waals surface area contributed by atoms with E-state index < -0.39 is 95.6 Å². The van der Waals surface area contributed by atoms with Crippen LogP contribution >= 0.6 is 0 Å². The van der Waals surface area contributed by atoms with E-state index in [9.17, 15) is 29.7 Å². The molecule has 3 aliphatic heterocycles. The Morgan fingerprint density at radius 3 is 2.19 bits per heavy atom. The van der Waals surface area contributed by atoms with E-state index >= 15 is 0 Å². The fourth-order valence-corrected chi connectivity index (χ4v) is 8.60. The fourth-order valence-electron chi connectivity index (χ4n) is 8.60. The molecule has 322 valence electrons. The van der Waals surface area contributed by atoms with Gasteiger partial charge in [-0.05, 0) is 92.0 Å². The van der Waals surface area contributed by atoms with Crippen molar-refractivity contribution < 1.29 is 146 Å². The maximum atomic E-state index is 14.2. The Morgan fingerprint density at radius 2 is 1.65 bits per heavy atom. The van der Waals surface area contributed by atoms with Crippen LogP contribution in [0.25, 0.3) is 0 Å². The van der Waals surface area contributed by atoms with Crippen molar-refractivity contribution in [1.82, 2.24) is 10.2 Å². The topological polar surface area (TPSA) is 183 Å². The number of alkyl carbamates (subject to hydrolysis) is 1. The first-order chi connectivity index (χ1) is 25.4. The molecule has 57 heavy (non-hydrogen) atoms. The maximum absolute atomic E-state index is 14.2. The van der Waals surface area contributed by atoms with Gasteiger partial charge in [0.1, 0.15) is 29.5 Å². The first-order valence-corrected chi connectivity index (χ1v) is 19.8. The Balaban J connectivity index is 0.00000812. The predicted octanol–water partition coefficient (Wildman–Crippen LogP) is 4.28. The van der Waals surface area contributed by atoms with Gasteiger partial charge in [-0.1, -0.05) is 40.7 Å². The van der Waals surface area contributed by atoms with Crippen molar-refractivity contribution in [3.8, 4) is 0 Å². The van der Waals surface area contributed by atoms with Crippen LogP contribution in [-0.2, 0) is 38.0 Å². The van der Waals surface area contributed by atoms with Crippen LogP contribution < -0.4 is 5.32 Å². The van der Waals surface area contributed by atoms with E-state index in [4.69, 9.17) is 28.4 Å². The standard InChI is InChI=1S/C41H70N2O12.2Ac/c1-15-17-42-38(48)55-41(12)20-23(4)31(44)22(3)19-40(11,49)29(16-2)52-36(47)26(7)33(53-30-21-39(9,10)34(46)27(8)51-30)25(6)35(41)54-37-32(45)28(43(13)14)18-24(5)50-37;;/h15,19,23-30,32-35,37,45-46,49H,1,16-18,20-21H2,2-14H3,(H,42,48);;/b22-19+;;/t23-,24-,25+,26-,27+,28+,29-,30+,32-,33+,34+,35-,37+,40+,41-;;/m1../s1. The summed E-state index contributed by atoms with van der Waals surface area (Å²) >= 11 is 0. The van der Waals surface area contributed by atoms with Gasteiger partial charge >= 0.3 is 12.1 Å². The average Bonchev–Trinajstić information content (AvgIpc) is 3.08. The Hall–Kier alpha value is 0.453. The number of Topliss-reactive ketones (excluding diaryl/α,β-unsaturated/α-hetero) is 1. The number of esters is 1. The number of carbonyl (C=O) groups excluding carboxylic acids is 3. The molecule has 3 heterocycles. The third-order valence-corrected chi connectivity index (χ3v) is 11.7. The molecule has 4 N–H and O–H groups in total. The zero-order valence-corrected chi connectivity index (χ0v) is 46.0. The predicted molar refractivity (Wildman–Crippen MR) is 206 cm³/mol. The second-order valence-electron chi connectivity index (χ2n) is 17.5. The summed E-state index contributed by atoms with van der Waals surface area (Å²) in [6.45, 7) is 22.9. The summed E-state index contributed by atoms with van der Waals surface area (Å²) in [4.78, 5) is 43.7. The molecule has 2 saturated heterocycles. The molecule has 0 spiro atoms. The molecule has 2 fully saturated rings. The van der Waals surface area contributed by atoms with Crippen LogP contribution in [0.5, 0.6) is 0 Å². The van der Waals surface area contributed by atoms with Crippen molar-refractivity contribution in [3.63, 3.8) is 0 Å². The molecular formula is C41H70Ac2N2O12. The number of nitrogens with one attached hydrogen (secondary N) is 1. The first-order valence-electron chi connectivity index (χ1n) is 19.8. The van der Waals surface area contributed by atoms with Crippen molar-refractivity contribution in [2.75, 3.05) is 20.6 Å². The Bertz CT molecular complexity index is 1380. The number of likely N-dealkylation sites (N-methyl/N-ethyl adjacent to an activating group) is 1. The Morgan fingerprint density at radius 1 is 1.04 bits per heavy atom. The molecule has 15 atom stereocenters. The summed E-state index contributed by atoms with van der Waals surface area (Å²) in [5, 5.41) is 36.9. The second-order valence-corrected chi connectivity index (χ2v) is 17.5. The van der Waals surface area contributed by atoms with E-state index in [0.717, 1.165) is 0 Å². The van der Waals surface area contributed by atoms with Gasteiger partial charge in [-0.25, -0.2) is 4.79 Å². The van der Waals surface area contributed by atoms with Gasteiger partial charge in [0.2, 0.25) is 0 Å². The number of ether oxygens (including phenoxy) is 6. The molecular weight excluding hydrogens is 1170 g/mol. The molecule has 0 aromatic rings. The van der Waals surface area contributed by atoms with Gasteiger partial charge in [0.15, 0.2) is 18.4 Å². The number of hydrogen-bond acceptors (Lipinski definition) is 13. The number of aliphatic hydroxyl groups excluding tert-OH is 2. The molecule has 3 rings (SSSR count). The number of allylic oxidation sites excluding steroid dienone is 1. The van der Waals surface area contributed by atoms with Gasteiger partial charge in [-0.15, -0.1) is 6.58 Å². The van der Waals surface area contributed by atoms with Crippen molar-refractivity contribution >= 4 is 17.8 Å². The van der Waals surface area contributed by atoms with E-state index in [1.807, 2.05) is 39.8 Å². The summed E-state index contributed by atoms with van der Waals surface area (Å²) in [6.07, 6.45) is -5.09. The van der Waals surface area contributed by atoms with Crippen molar-refractivity contribution in [1.29, 1.82) is 0 Å². The van der Waals surface area contributed by atoms with Crippen LogP contribution in [0.4, 0.5) is 4.79 Å². The van der Waals surface area contributed by atoms with Crippen LogP contribution in [0.15, 0.2) is 24.3 Å². The molecule has 2 radical (unpaired) electrons. The Labute approximate surface area is 412 Å². The molecule has 16 heteroatoms. The fraction of sp³-hybridized carbons (Fsp3) is 0.829. The molecule has 0 aromatic carbocycles. The monoisotopic (exact) mass is 1240 g/mol. The molecule has 0 aliphatic carbocycles. The smallest absolute Gasteiger partial charge is 0.408 e. The zero-order chi connectivity index (χ0) is 41.8. The molecule has 0 saturated carbocycles. The molecule has 0 bridgehead atoms. The summed E-state index contributed by atoms with van der Waals surface area (Å²) in [5.41, 5.74) is -3.71. The number of ketones is 1. The van der Waals surface area contributed by atoms with Gasteiger partial charge in [0.25, 0.3) is 0 Å². The molecule has 14 nitrogen and oxygen atoms in total. The largest absolute Gasteiger partial charge is 0.459 e. The number of nitrogens with zero attached hydrogens (tertiary/aromatic N) is 1. The van der Waals surface area contributed by atoms with Crippen LogP contribution in [0, 0.1) is 111 Å². The van der Waals surface area contributed by atoms with Crippen LogP contribution in [0.2, 0.25) is 0 Å². The van der Waals surface area contributed by atoms with Crippen LogP contribution in [0.1, 0.15) is 102 Å². The summed E-state index contributed by atoms with van der Waals surface area (Å²) in [5.74, 6) is -3.65. The van der Waals surface area contributed by atoms with E-state index in [0.29, 0.717) is 6.42 Å². The number of cyclic esters (lactones) is 1. The van der Waals surface area contributed by atoms with Gasteiger partial charge in [0, 0.05) is 119 Å². The minimum Gasteiger partial charge on any atom is -0.459 e. The van der Waals surface area contributed by atoms with Gasteiger partial charge in [0.05, 0.1) is 30.3 Å². The minimum atomic E-state index is -1.71. The van der Waals surface area contributed by atoms with Crippen molar-refractivity contribution in [2.45, 2.75) is 174 Å². The van der Waals surface area contributed by atoms with E-state index in [1.165, 1.54) is 19.1 Å². The third-order valence-electron chi connectivity index (χ3n) is 11.7. The average molecular weight is 1240 g/mol. The van der Waals surface area contributed by atoms with Gasteiger partial charge < -0.3 is 54.0 Å². The first kappa shape index (κ1) is 55.5. The summed E-state index contributed by atoms with van der Waals surface area (Å²) in [7, 11) is 3.71. The van der Waals surface area contributed by atoms with Crippen molar-refractivity contribution in [2.24, 2.45) is 23.2 Å². The number of carbonyl (C=O) groups is 3. The molecule has 3 aliphatic rings. The molecule has 0 aromatic heterocycles. The van der Waals surface area contributed by atoms with E-state index in [-0.39, 0.29) is 137 Å². The number of rotatable bonds is 9. The van der Waals surface area contributed by atoms with Crippen LogP contribution in [-0.4, -0.2) is 131 Å². The van der Waals surface area contributed by atoms with Gasteiger partial charge in [-0.3, -0.25) is 9.59 Å². The molecule has 0 unspecified atom stereocenters. The SMILES string of the molecule is C=CCNC(=O)O[C@]1(C)C[C@@H](C)C(=O)/C(C)=C/[C@](C)(O)[C@@H](CC)OC(=O)[C@H](C)[C@@H](O[C@H]2CC(C)(C)[C@@H](O)[C@H](C)O2)[C@H](C)[C@H]1O[C@@H]1O[C@H](C)C[C@H](N(C)C)[C@H]1O.[Ac].[Ac]. The summed E-state index contributed by atoms with van der Waals surface area (Å²) < 4.78 is 38.4. The van der Waals surface area contributed by atoms with E-state index in [2.05, 4.69) is 11.9 Å². The molecule has 1 amide bonds. The zero-order valence-electron chi connectivity index (χ0n) is 36.5. The minimum absolute atomic E-state index is 0. The summed E-state index contributed by atoms with van der Waals surface area (Å²) in [6, 6.07) is -0.343. The van der Waals surface area contributed by atoms with E-state index in [1.54, 1.807) is 48.5 Å². The van der Waals surface area contributed by atoms with Crippen molar-refractivity contribution in [3.05, 3.63) is 24.3 Å².